The number of nitrogens with two attached hydrogens (primary N) is 1. The molecule has 4 aromatic heterocycles. The third-order valence-electron chi connectivity index (χ3n) is 4.46. The molecular formula is C19H21N7O3S2. The third kappa shape index (κ3) is 4.64. The summed E-state index contributed by atoms with van der Waals surface area (Å²) in [5.41, 5.74) is 0.763. The van der Waals surface area contributed by atoms with Crippen LogP contribution in [-0.4, -0.2) is 48.2 Å². The zero-order valence-electron chi connectivity index (χ0n) is 17.0. The number of nitrogens with zero attached hydrogens (tertiary/aromatic N) is 6. The lowest BCUT2D eigenvalue weighted by atomic mass is 10.2. The van der Waals surface area contributed by atoms with Crippen LogP contribution in [0.3, 0.4) is 0 Å². The average molecular weight is 460 g/mol. The van der Waals surface area contributed by atoms with Gasteiger partial charge in [0.15, 0.2) is 5.82 Å². The Labute approximate surface area is 186 Å². The van der Waals surface area contributed by atoms with E-state index in [1.165, 1.54) is 27.8 Å². The van der Waals surface area contributed by atoms with Gasteiger partial charge in [0.25, 0.3) is 5.89 Å². The maximum Gasteiger partial charge on any atom is 0.257 e. The highest BCUT2D eigenvalue weighted by molar-refractivity contribution is 7.99. The van der Waals surface area contributed by atoms with E-state index < -0.39 is 0 Å². The SMILES string of the molecule is CCCN(Cc1nnc(-c2cccs2)o1)C(=O)CSc1nnc(-c2ccoc2C)n1N. The van der Waals surface area contributed by atoms with Crippen molar-refractivity contribution in [2.24, 2.45) is 0 Å². The maximum atomic E-state index is 12.9. The van der Waals surface area contributed by atoms with Gasteiger partial charge < -0.3 is 19.6 Å². The molecule has 0 aromatic carbocycles. The fourth-order valence-electron chi connectivity index (χ4n) is 2.94. The summed E-state index contributed by atoms with van der Waals surface area (Å²) in [5, 5.41) is 18.8. The predicted octanol–water partition coefficient (Wildman–Crippen LogP) is 3.20. The normalized spacial score (nSPS) is 11.2. The van der Waals surface area contributed by atoms with Crippen LogP contribution in [0.1, 0.15) is 25.0 Å². The van der Waals surface area contributed by atoms with Gasteiger partial charge >= 0.3 is 0 Å². The second-order valence-corrected chi connectivity index (χ2v) is 8.54. The zero-order chi connectivity index (χ0) is 21.8. The highest BCUT2D eigenvalue weighted by Gasteiger charge is 2.21. The number of aryl methyl sites for hydroxylation is 1. The van der Waals surface area contributed by atoms with Gasteiger partial charge in [-0.05, 0) is 30.9 Å². The summed E-state index contributed by atoms with van der Waals surface area (Å²) in [6, 6.07) is 5.61. The molecule has 4 rings (SSSR count). The molecule has 162 valence electrons. The monoisotopic (exact) mass is 459 g/mol. The fourth-order valence-corrected chi connectivity index (χ4v) is 4.34. The number of thiophene rings is 1. The summed E-state index contributed by atoms with van der Waals surface area (Å²) in [5.74, 6) is 8.25. The summed E-state index contributed by atoms with van der Waals surface area (Å²) in [6.07, 6.45) is 2.37. The van der Waals surface area contributed by atoms with Gasteiger partial charge in [-0.3, -0.25) is 4.79 Å². The number of carbonyl (C=O) groups is 1. The van der Waals surface area contributed by atoms with Crippen LogP contribution in [0.2, 0.25) is 0 Å². The van der Waals surface area contributed by atoms with Crippen LogP contribution in [0.4, 0.5) is 0 Å². The van der Waals surface area contributed by atoms with Gasteiger partial charge in [0.2, 0.25) is 17.0 Å². The van der Waals surface area contributed by atoms with Gasteiger partial charge in [0, 0.05) is 6.54 Å². The first kappa shape index (κ1) is 21.1. The molecule has 0 radical (unpaired) electrons. The summed E-state index contributed by atoms with van der Waals surface area (Å²) < 4.78 is 12.4. The number of rotatable bonds is 9. The van der Waals surface area contributed by atoms with Crippen molar-refractivity contribution in [1.82, 2.24) is 30.0 Å². The largest absolute Gasteiger partial charge is 0.469 e. The first-order valence-corrected chi connectivity index (χ1v) is 11.4. The molecule has 12 heteroatoms. The van der Waals surface area contributed by atoms with Gasteiger partial charge in [0.1, 0.15) is 5.76 Å². The number of hydrogen-bond donors (Lipinski definition) is 1. The van der Waals surface area contributed by atoms with E-state index in [1.807, 2.05) is 31.4 Å². The molecule has 31 heavy (non-hydrogen) atoms. The molecule has 0 fully saturated rings. The molecule has 10 nitrogen and oxygen atoms in total. The van der Waals surface area contributed by atoms with Crippen molar-refractivity contribution < 1.29 is 13.6 Å². The van der Waals surface area contributed by atoms with Gasteiger partial charge in [-0.25, -0.2) is 4.68 Å². The number of nitrogen functional groups attached to an aromatic ring is 1. The second kappa shape index (κ2) is 9.35. The van der Waals surface area contributed by atoms with Gasteiger partial charge in [0.05, 0.1) is 29.0 Å². The summed E-state index contributed by atoms with van der Waals surface area (Å²) >= 11 is 2.75. The molecule has 4 heterocycles. The molecule has 0 saturated carbocycles. The Hall–Kier alpha value is -3.12. The van der Waals surface area contributed by atoms with Crippen LogP contribution >= 0.6 is 23.1 Å². The Morgan fingerprint density at radius 2 is 2.16 bits per heavy atom. The molecule has 0 aliphatic rings. The smallest absolute Gasteiger partial charge is 0.257 e. The molecular weight excluding hydrogens is 438 g/mol. The molecule has 0 unspecified atom stereocenters. The van der Waals surface area contributed by atoms with Crippen LogP contribution < -0.4 is 5.84 Å². The second-order valence-electron chi connectivity index (χ2n) is 6.65. The quantitative estimate of drug-likeness (QED) is 0.296. The van der Waals surface area contributed by atoms with E-state index in [-0.39, 0.29) is 18.2 Å². The van der Waals surface area contributed by atoms with Crippen LogP contribution in [0.5, 0.6) is 0 Å². The van der Waals surface area contributed by atoms with Gasteiger partial charge in [-0.1, -0.05) is 24.8 Å². The van der Waals surface area contributed by atoms with E-state index in [1.54, 1.807) is 17.2 Å². The number of amides is 1. The molecule has 0 aliphatic carbocycles. The van der Waals surface area contributed by atoms with E-state index in [4.69, 9.17) is 14.7 Å². The Kier molecular flexibility index (Phi) is 6.37. The Bertz CT molecular complexity index is 1150. The molecule has 1 amide bonds. The van der Waals surface area contributed by atoms with Gasteiger partial charge in [-0.15, -0.1) is 31.7 Å². The first-order chi connectivity index (χ1) is 15.1. The molecule has 0 bridgehead atoms. The van der Waals surface area contributed by atoms with E-state index >= 15 is 0 Å². The molecule has 4 aromatic rings. The number of thioether (sulfide) groups is 1. The Morgan fingerprint density at radius 1 is 1.29 bits per heavy atom. The van der Waals surface area contributed by atoms with Crippen LogP contribution in [0, 0.1) is 6.92 Å². The molecule has 0 spiro atoms. The van der Waals surface area contributed by atoms with Crippen molar-refractivity contribution in [3.63, 3.8) is 0 Å². The molecule has 2 N–H and O–H groups in total. The van der Waals surface area contributed by atoms with Crippen molar-refractivity contribution in [2.75, 3.05) is 18.1 Å². The van der Waals surface area contributed by atoms with Gasteiger partial charge in [-0.2, -0.15) is 0 Å². The lowest BCUT2D eigenvalue weighted by Crippen LogP contribution is -2.33. The van der Waals surface area contributed by atoms with Crippen molar-refractivity contribution >= 4 is 29.0 Å². The van der Waals surface area contributed by atoms with Crippen molar-refractivity contribution in [2.45, 2.75) is 32.0 Å². The van der Waals surface area contributed by atoms with Crippen molar-refractivity contribution in [1.29, 1.82) is 0 Å². The zero-order valence-corrected chi connectivity index (χ0v) is 18.7. The fraction of sp³-hybridized carbons (Fsp3) is 0.316. The minimum absolute atomic E-state index is 0.0771. The average Bonchev–Trinajstić information content (AvgIpc) is 3.54. The summed E-state index contributed by atoms with van der Waals surface area (Å²) in [4.78, 5) is 15.4. The number of carbonyl (C=O) groups excluding carboxylic acids is 1. The number of aromatic nitrogens is 5. The Balaban J connectivity index is 1.40. The first-order valence-electron chi connectivity index (χ1n) is 9.58. The molecule has 0 aliphatic heterocycles. The highest BCUT2D eigenvalue weighted by atomic mass is 32.2. The number of furan rings is 1. The predicted molar refractivity (Wildman–Crippen MR) is 117 cm³/mol. The van der Waals surface area contributed by atoms with E-state index in [0.29, 0.717) is 35.1 Å². The van der Waals surface area contributed by atoms with Crippen molar-refractivity contribution in [3.8, 4) is 22.2 Å². The van der Waals surface area contributed by atoms with E-state index in [0.717, 1.165) is 16.9 Å². The third-order valence-corrected chi connectivity index (χ3v) is 6.25. The highest BCUT2D eigenvalue weighted by Crippen LogP contribution is 2.26. The standard InChI is InChI=1S/C19H21N7O3S2/c1-3-7-25(10-15-21-23-18(29-15)14-5-4-9-30-14)16(27)11-31-19-24-22-17(26(19)20)13-6-8-28-12(13)2/h4-6,8-9H,3,7,10-11,20H2,1-2H3. The van der Waals surface area contributed by atoms with Crippen LogP contribution in [0.15, 0.2) is 43.8 Å². The van der Waals surface area contributed by atoms with Crippen LogP contribution in [-0.2, 0) is 11.3 Å². The van der Waals surface area contributed by atoms with Crippen LogP contribution in [0.25, 0.3) is 22.2 Å². The number of hydrogen-bond acceptors (Lipinski definition) is 10. The molecule has 0 atom stereocenters. The van der Waals surface area contributed by atoms with E-state index in [9.17, 15) is 4.79 Å². The summed E-state index contributed by atoms with van der Waals surface area (Å²) in [6.45, 7) is 4.66. The molecule has 0 saturated heterocycles. The maximum absolute atomic E-state index is 12.9. The minimum Gasteiger partial charge on any atom is -0.469 e. The lowest BCUT2D eigenvalue weighted by molar-refractivity contribution is -0.129. The summed E-state index contributed by atoms with van der Waals surface area (Å²) in [7, 11) is 0. The lowest BCUT2D eigenvalue weighted by Gasteiger charge is -2.19. The van der Waals surface area contributed by atoms with Crippen molar-refractivity contribution in [3.05, 3.63) is 41.5 Å². The topological polar surface area (TPSA) is 129 Å². The van der Waals surface area contributed by atoms with E-state index in [2.05, 4.69) is 20.4 Å². The Morgan fingerprint density at radius 3 is 2.87 bits per heavy atom. The minimum atomic E-state index is -0.0771.